The molecule has 1 fully saturated rings. The Labute approximate surface area is 77.8 Å². The normalized spacial score (nSPS) is 30.6. The van der Waals surface area contributed by atoms with Crippen molar-refractivity contribution in [3.8, 4) is 0 Å². The predicted molar refractivity (Wildman–Crippen MR) is 49.2 cm³/mol. The molecule has 3 nitrogen and oxygen atoms in total. The van der Waals surface area contributed by atoms with E-state index in [2.05, 4.69) is 12.2 Å². The van der Waals surface area contributed by atoms with E-state index in [0.717, 1.165) is 18.7 Å². The molecule has 0 aliphatic carbocycles. The molecule has 0 aromatic carbocycles. The number of hydrogen-bond acceptors (Lipinski definition) is 3. The van der Waals surface area contributed by atoms with Gasteiger partial charge in [0.05, 0.1) is 18.6 Å². The fraction of sp³-hybridized carbons (Fsp3) is 0.600. The summed E-state index contributed by atoms with van der Waals surface area (Å²) in [6.07, 6.45) is 2.84. The second-order valence-electron chi connectivity index (χ2n) is 3.80. The zero-order valence-corrected chi connectivity index (χ0v) is 7.73. The summed E-state index contributed by atoms with van der Waals surface area (Å²) in [5.41, 5.74) is 0.889. The maximum Gasteiger partial charge on any atom is 0.0960 e. The van der Waals surface area contributed by atoms with Crippen molar-refractivity contribution in [2.45, 2.75) is 13.0 Å². The number of aliphatic hydroxyl groups excluding tert-OH is 1. The molecule has 3 atom stereocenters. The summed E-state index contributed by atoms with van der Waals surface area (Å²) in [6.45, 7) is 4.06. The molecule has 0 spiro atoms. The topological polar surface area (TPSA) is 45.4 Å². The van der Waals surface area contributed by atoms with E-state index in [0.29, 0.717) is 11.8 Å². The molecular weight excluding hydrogens is 166 g/mol. The van der Waals surface area contributed by atoms with Crippen molar-refractivity contribution in [3.05, 3.63) is 24.2 Å². The van der Waals surface area contributed by atoms with Crippen LogP contribution in [0.5, 0.6) is 0 Å². The molecular formula is C10H15NO2. The number of rotatable bonds is 2. The van der Waals surface area contributed by atoms with Gasteiger partial charge in [-0.15, -0.1) is 0 Å². The van der Waals surface area contributed by atoms with Crippen LogP contribution in [0.1, 0.15) is 18.6 Å². The monoisotopic (exact) mass is 181 g/mol. The molecule has 2 N–H and O–H groups in total. The minimum absolute atomic E-state index is 0.317. The van der Waals surface area contributed by atoms with Crippen LogP contribution in [0.25, 0.3) is 0 Å². The van der Waals surface area contributed by atoms with Crippen LogP contribution in [0.15, 0.2) is 23.0 Å². The highest BCUT2D eigenvalue weighted by Gasteiger charge is 2.30. The number of hydrogen-bond donors (Lipinski definition) is 2. The third-order valence-corrected chi connectivity index (χ3v) is 2.87. The fourth-order valence-electron chi connectivity index (χ4n) is 1.94. The number of nitrogens with one attached hydrogen (secondary N) is 1. The third-order valence-electron chi connectivity index (χ3n) is 2.87. The molecule has 13 heavy (non-hydrogen) atoms. The molecule has 72 valence electrons. The molecule has 0 saturated carbocycles. The highest BCUT2D eigenvalue weighted by atomic mass is 16.3. The maximum atomic E-state index is 9.98. The molecule has 0 amide bonds. The van der Waals surface area contributed by atoms with Gasteiger partial charge in [-0.2, -0.15) is 0 Å². The summed E-state index contributed by atoms with van der Waals surface area (Å²) in [5, 5.41) is 13.3. The van der Waals surface area contributed by atoms with E-state index in [-0.39, 0.29) is 6.10 Å². The van der Waals surface area contributed by atoms with Crippen LogP contribution in [0.2, 0.25) is 0 Å². The zero-order valence-electron chi connectivity index (χ0n) is 7.73. The number of furan rings is 1. The van der Waals surface area contributed by atoms with Gasteiger partial charge in [0.2, 0.25) is 0 Å². The van der Waals surface area contributed by atoms with Crippen molar-refractivity contribution in [3.63, 3.8) is 0 Å². The second kappa shape index (κ2) is 3.52. The van der Waals surface area contributed by atoms with Crippen LogP contribution in [-0.4, -0.2) is 18.2 Å². The summed E-state index contributed by atoms with van der Waals surface area (Å²) in [5.74, 6) is 0.850. The molecule has 1 aromatic rings. The van der Waals surface area contributed by atoms with Crippen molar-refractivity contribution in [2.75, 3.05) is 13.1 Å². The van der Waals surface area contributed by atoms with Gasteiger partial charge in [-0.25, -0.2) is 0 Å². The molecule has 3 unspecified atom stereocenters. The second-order valence-corrected chi connectivity index (χ2v) is 3.80. The predicted octanol–water partition coefficient (Wildman–Crippen LogP) is 1.17. The average Bonchev–Trinajstić information content (AvgIpc) is 2.72. The van der Waals surface area contributed by atoms with E-state index in [1.165, 1.54) is 0 Å². The fourth-order valence-corrected chi connectivity index (χ4v) is 1.94. The van der Waals surface area contributed by atoms with Gasteiger partial charge in [0, 0.05) is 18.0 Å². The van der Waals surface area contributed by atoms with Gasteiger partial charge in [0.1, 0.15) is 0 Å². The van der Waals surface area contributed by atoms with Crippen molar-refractivity contribution in [1.29, 1.82) is 0 Å². The van der Waals surface area contributed by atoms with E-state index in [4.69, 9.17) is 4.42 Å². The standard InChI is InChI=1S/C10H15NO2/c1-7-4-11-5-9(7)10(12)8-2-3-13-6-8/h2-3,6-7,9-12H,4-5H2,1H3. The van der Waals surface area contributed by atoms with Crippen molar-refractivity contribution >= 4 is 0 Å². The maximum absolute atomic E-state index is 9.98. The largest absolute Gasteiger partial charge is 0.472 e. The average molecular weight is 181 g/mol. The van der Waals surface area contributed by atoms with Crippen molar-refractivity contribution < 1.29 is 9.52 Å². The third kappa shape index (κ3) is 1.62. The Morgan fingerprint density at radius 2 is 2.46 bits per heavy atom. The number of aliphatic hydroxyl groups is 1. The first-order valence-electron chi connectivity index (χ1n) is 4.70. The molecule has 2 heterocycles. The Hall–Kier alpha value is -0.800. The van der Waals surface area contributed by atoms with Gasteiger partial charge < -0.3 is 14.8 Å². The lowest BCUT2D eigenvalue weighted by atomic mass is 9.89. The van der Waals surface area contributed by atoms with Gasteiger partial charge in [0.25, 0.3) is 0 Å². The summed E-state index contributed by atoms with van der Waals surface area (Å²) in [4.78, 5) is 0. The Morgan fingerprint density at radius 3 is 3.00 bits per heavy atom. The summed E-state index contributed by atoms with van der Waals surface area (Å²) < 4.78 is 4.95. The first-order valence-corrected chi connectivity index (χ1v) is 4.70. The first-order chi connectivity index (χ1) is 6.29. The minimum atomic E-state index is -0.385. The molecule has 3 heteroatoms. The van der Waals surface area contributed by atoms with E-state index >= 15 is 0 Å². The van der Waals surface area contributed by atoms with Crippen LogP contribution >= 0.6 is 0 Å². The Morgan fingerprint density at radius 1 is 1.62 bits per heavy atom. The molecule has 1 aromatic heterocycles. The van der Waals surface area contributed by atoms with E-state index in [9.17, 15) is 5.11 Å². The van der Waals surface area contributed by atoms with E-state index in [1.54, 1.807) is 12.5 Å². The van der Waals surface area contributed by atoms with E-state index < -0.39 is 0 Å². The summed E-state index contributed by atoms with van der Waals surface area (Å²) >= 11 is 0. The molecule has 2 rings (SSSR count). The first kappa shape index (κ1) is 8.78. The molecule has 0 bridgehead atoms. The van der Waals surface area contributed by atoms with Crippen LogP contribution < -0.4 is 5.32 Å². The summed E-state index contributed by atoms with van der Waals surface area (Å²) in [7, 11) is 0. The van der Waals surface area contributed by atoms with Gasteiger partial charge in [-0.05, 0) is 18.5 Å². The van der Waals surface area contributed by atoms with Gasteiger partial charge in [-0.3, -0.25) is 0 Å². The Kier molecular flexibility index (Phi) is 2.38. The van der Waals surface area contributed by atoms with E-state index in [1.807, 2.05) is 6.07 Å². The lowest BCUT2D eigenvalue weighted by molar-refractivity contribution is 0.0977. The lowest BCUT2D eigenvalue weighted by Gasteiger charge is -2.19. The van der Waals surface area contributed by atoms with Gasteiger partial charge in [-0.1, -0.05) is 6.92 Å². The van der Waals surface area contributed by atoms with Crippen LogP contribution in [0.4, 0.5) is 0 Å². The highest BCUT2D eigenvalue weighted by molar-refractivity contribution is 5.11. The zero-order chi connectivity index (χ0) is 9.26. The van der Waals surface area contributed by atoms with Crippen LogP contribution in [0.3, 0.4) is 0 Å². The summed E-state index contributed by atoms with van der Waals surface area (Å²) in [6, 6.07) is 1.83. The molecule has 1 aliphatic rings. The quantitative estimate of drug-likeness (QED) is 0.720. The highest BCUT2D eigenvalue weighted by Crippen LogP contribution is 2.30. The molecule has 0 radical (unpaired) electrons. The van der Waals surface area contributed by atoms with Crippen LogP contribution in [-0.2, 0) is 0 Å². The lowest BCUT2D eigenvalue weighted by Crippen LogP contribution is -2.18. The Bertz CT molecular complexity index is 258. The van der Waals surface area contributed by atoms with Crippen molar-refractivity contribution in [2.24, 2.45) is 11.8 Å². The van der Waals surface area contributed by atoms with Crippen LogP contribution in [0, 0.1) is 11.8 Å². The minimum Gasteiger partial charge on any atom is -0.472 e. The SMILES string of the molecule is CC1CNCC1C(O)c1ccoc1. The van der Waals surface area contributed by atoms with Gasteiger partial charge >= 0.3 is 0 Å². The molecule has 1 saturated heterocycles. The Balaban J connectivity index is 2.08. The molecule has 1 aliphatic heterocycles. The smallest absolute Gasteiger partial charge is 0.0960 e. The van der Waals surface area contributed by atoms with Gasteiger partial charge in [0.15, 0.2) is 0 Å². The van der Waals surface area contributed by atoms with Crippen molar-refractivity contribution in [1.82, 2.24) is 5.32 Å².